The average Bonchev–Trinajstić information content (AvgIpc) is 2.43. The Balaban J connectivity index is 3.02. The molecule has 0 bridgehead atoms. The van der Waals surface area contributed by atoms with Crippen molar-refractivity contribution >= 4 is 12.1 Å². The summed E-state index contributed by atoms with van der Waals surface area (Å²) in [5, 5.41) is 18.8. The monoisotopic (exact) mass is 192 g/mol. The molecule has 1 atom stereocenters. The maximum atomic E-state index is 11.1. The second-order valence-corrected chi connectivity index (χ2v) is 2.79. The van der Waals surface area contributed by atoms with Gasteiger partial charge in [-0.25, -0.2) is 0 Å². The van der Waals surface area contributed by atoms with Gasteiger partial charge in [0.05, 0.1) is 0 Å². The molecule has 0 saturated carbocycles. The highest BCUT2D eigenvalue weighted by Crippen LogP contribution is 2.19. The Morgan fingerprint density at radius 2 is 2.21 bits per heavy atom. The first-order chi connectivity index (χ1) is 6.70. The molecule has 0 spiro atoms. The first-order valence-corrected chi connectivity index (χ1v) is 4.23. The summed E-state index contributed by atoms with van der Waals surface area (Å²) in [6.07, 6.45) is 6.54. The van der Waals surface area contributed by atoms with E-state index in [0.29, 0.717) is 11.3 Å². The van der Waals surface area contributed by atoms with Crippen molar-refractivity contribution in [3.63, 3.8) is 0 Å². The molecule has 3 N–H and O–H groups in total. The molecule has 1 saturated heterocycles. The standard InChI is InChI=1S/C10H12N2O2/c1-2-3-4-8-7(5-6-11)9(13)10(14)12-8/h2-6,9,11,13H,1H3,(H,12,14)/b3-2+,7-5+,8-4+,11-6?. The molecular weight excluding hydrogens is 180 g/mol. The summed E-state index contributed by atoms with van der Waals surface area (Å²) in [7, 11) is 0. The number of hydrogen-bond acceptors (Lipinski definition) is 3. The molecule has 1 unspecified atom stereocenters. The molecule has 1 fully saturated rings. The van der Waals surface area contributed by atoms with E-state index in [9.17, 15) is 9.90 Å². The van der Waals surface area contributed by atoms with E-state index in [-0.39, 0.29) is 0 Å². The van der Waals surface area contributed by atoms with E-state index in [2.05, 4.69) is 5.32 Å². The van der Waals surface area contributed by atoms with Crippen LogP contribution in [0.5, 0.6) is 0 Å². The molecule has 0 aromatic carbocycles. The zero-order valence-corrected chi connectivity index (χ0v) is 7.82. The third kappa shape index (κ3) is 1.97. The topological polar surface area (TPSA) is 73.2 Å². The first kappa shape index (κ1) is 10.4. The second-order valence-electron chi connectivity index (χ2n) is 2.79. The quantitative estimate of drug-likeness (QED) is 0.558. The Hall–Kier alpha value is -1.68. The highest BCUT2D eigenvalue weighted by atomic mass is 16.3. The number of carbonyl (C=O) groups excluding carboxylic acids is 1. The van der Waals surface area contributed by atoms with Crippen LogP contribution in [0.25, 0.3) is 0 Å². The lowest BCUT2D eigenvalue weighted by Crippen LogP contribution is -2.22. The van der Waals surface area contributed by atoms with Crippen LogP contribution in [0.2, 0.25) is 0 Å². The lowest BCUT2D eigenvalue weighted by molar-refractivity contribution is -0.124. The lowest BCUT2D eigenvalue weighted by atomic mass is 10.1. The van der Waals surface area contributed by atoms with E-state index >= 15 is 0 Å². The summed E-state index contributed by atoms with van der Waals surface area (Å²) in [4.78, 5) is 11.1. The maximum absolute atomic E-state index is 11.1. The van der Waals surface area contributed by atoms with E-state index in [4.69, 9.17) is 5.41 Å². The largest absolute Gasteiger partial charge is 0.378 e. The molecule has 0 radical (unpaired) electrons. The van der Waals surface area contributed by atoms with Gasteiger partial charge in [0.25, 0.3) is 5.91 Å². The minimum atomic E-state index is -1.16. The summed E-state index contributed by atoms with van der Waals surface area (Å²) in [6, 6.07) is 0. The molecule has 74 valence electrons. The van der Waals surface area contributed by atoms with Gasteiger partial charge in [-0.15, -0.1) is 0 Å². The van der Waals surface area contributed by atoms with Crippen LogP contribution in [0.3, 0.4) is 0 Å². The van der Waals surface area contributed by atoms with Crippen molar-refractivity contribution in [3.05, 3.63) is 35.6 Å². The number of aliphatic hydroxyl groups is 1. The highest BCUT2D eigenvalue weighted by molar-refractivity contribution is 5.93. The normalized spacial score (nSPS) is 27.6. The van der Waals surface area contributed by atoms with Crippen LogP contribution in [0.1, 0.15) is 6.92 Å². The van der Waals surface area contributed by atoms with Crippen LogP contribution in [-0.4, -0.2) is 23.3 Å². The van der Waals surface area contributed by atoms with Crippen molar-refractivity contribution < 1.29 is 9.90 Å². The fourth-order valence-corrected chi connectivity index (χ4v) is 1.16. The van der Waals surface area contributed by atoms with Gasteiger partial charge >= 0.3 is 0 Å². The maximum Gasteiger partial charge on any atom is 0.257 e. The van der Waals surface area contributed by atoms with Gasteiger partial charge < -0.3 is 15.8 Å². The fraction of sp³-hybridized carbons (Fsp3) is 0.200. The Morgan fingerprint density at radius 1 is 1.50 bits per heavy atom. The number of allylic oxidation sites excluding steroid dienone is 4. The van der Waals surface area contributed by atoms with Gasteiger partial charge in [-0.05, 0) is 19.1 Å². The third-order valence-corrected chi connectivity index (χ3v) is 1.83. The van der Waals surface area contributed by atoms with E-state index in [0.717, 1.165) is 6.21 Å². The van der Waals surface area contributed by atoms with E-state index in [1.54, 1.807) is 12.2 Å². The highest BCUT2D eigenvalue weighted by Gasteiger charge is 2.30. The predicted octanol–water partition coefficient (Wildman–Crippen LogP) is 0.513. The van der Waals surface area contributed by atoms with Crippen molar-refractivity contribution in [3.8, 4) is 0 Å². The van der Waals surface area contributed by atoms with E-state index in [1.165, 1.54) is 6.08 Å². The molecule has 0 aliphatic carbocycles. The Morgan fingerprint density at radius 3 is 2.79 bits per heavy atom. The zero-order chi connectivity index (χ0) is 10.6. The first-order valence-electron chi connectivity index (χ1n) is 4.23. The van der Waals surface area contributed by atoms with Gasteiger partial charge in [-0.2, -0.15) is 0 Å². The molecule has 4 nitrogen and oxygen atoms in total. The van der Waals surface area contributed by atoms with Crippen molar-refractivity contribution in [1.29, 1.82) is 5.41 Å². The van der Waals surface area contributed by atoms with Crippen molar-refractivity contribution in [2.75, 3.05) is 0 Å². The number of nitrogens with one attached hydrogen (secondary N) is 2. The molecule has 1 heterocycles. The van der Waals surface area contributed by atoms with Gasteiger partial charge in [0.2, 0.25) is 0 Å². The molecule has 1 aliphatic rings. The molecule has 1 rings (SSSR count). The molecule has 14 heavy (non-hydrogen) atoms. The van der Waals surface area contributed by atoms with Crippen molar-refractivity contribution in [2.24, 2.45) is 0 Å². The number of carbonyl (C=O) groups is 1. The summed E-state index contributed by atoms with van der Waals surface area (Å²) >= 11 is 0. The summed E-state index contributed by atoms with van der Waals surface area (Å²) in [6.45, 7) is 1.85. The zero-order valence-electron chi connectivity index (χ0n) is 7.82. The number of amides is 1. The Bertz CT molecular complexity index is 340. The van der Waals surface area contributed by atoms with Gasteiger partial charge in [0, 0.05) is 17.5 Å². The van der Waals surface area contributed by atoms with Crippen molar-refractivity contribution in [1.82, 2.24) is 5.32 Å². The summed E-state index contributed by atoms with van der Waals surface area (Å²) < 4.78 is 0. The fourth-order valence-electron chi connectivity index (χ4n) is 1.16. The number of hydrogen-bond donors (Lipinski definition) is 3. The average molecular weight is 192 g/mol. The summed E-state index contributed by atoms with van der Waals surface area (Å²) in [5.41, 5.74) is 0.979. The van der Waals surface area contributed by atoms with E-state index < -0.39 is 12.0 Å². The smallest absolute Gasteiger partial charge is 0.257 e. The van der Waals surface area contributed by atoms with E-state index in [1.807, 2.05) is 13.0 Å². The molecular formula is C10H12N2O2. The van der Waals surface area contributed by atoms with Gasteiger partial charge in [-0.3, -0.25) is 4.79 Å². The molecule has 1 amide bonds. The SMILES string of the molecule is C/C=C/C=C1/NC(=O)C(O)/C1=C/C=N. The molecule has 0 aromatic heterocycles. The summed E-state index contributed by atoms with van der Waals surface area (Å²) in [5.74, 6) is -0.450. The van der Waals surface area contributed by atoms with Crippen LogP contribution in [0.15, 0.2) is 35.6 Å². The molecule has 4 heteroatoms. The van der Waals surface area contributed by atoms with Crippen LogP contribution in [0.4, 0.5) is 0 Å². The Labute approximate surface area is 82.1 Å². The van der Waals surface area contributed by atoms with Crippen LogP contribution in [0, 0.1) is 5.41 Å². The van der Waals surface area contributed by atoms with Crippen molar-refractivity contribution in [2.45, 2.75) is 13.0 Å². The number of aliphatic hydroxyl groups excluding tert-OH is 1. The van der Waals surface area contributed by atoms with Gasteiger partial charge in [-0.1, -0.05) is 12.2 Å². The number of rotatable bonds is 2. The van der Waals surface area contributed by atoms with Crippen LogP contribution >= 0.6 is 0 Å². The third-order valence-electron chi connectivity index (χ3n) is 1.83. The predicted molar refractivity (Wildman–Crippen MR) is 53.9 cm³/mol. The minimum Gasteiger partial charge on any atom is -0.378 e. The molecule has 0 aromatic rings. The Kier molecular flexibility index (Phi) is 3.36. The minimum absolute atomic E-state index is 0.433. The second kappa shape index (κ2) is 4.53. The lowest BCUT2D eigenvalue weighted by Gasteiger charge is -1.98. The van der Waals surface area contributed by atoms with Crippen LogP contribution in [-0.2, 0) is 4.79 Å². The molecule has 1 aliphatic heterocycles. The van der Waals surface area contributed by atoms with Gasteiger partial charge in [0.15, 0.2) is 6.10 Å². The van der Waals surface area contributed by atoms with Gasteiger partial charge in [0.1, 0.15) is 0 Å². The van der Waals surface area contributed by atoms with Crippen LogP contribution < -0.4 is 5.32 Å².